The van der Waals surface area contributed by atoms with Crippen LogP contribution in [0.5, 0.6) is 5.75 Å². The molecule has 0 amide bonds. The van der Waals surface area contributed by atoms with E-state index in [-0.39, 0.29) is 29.3 Å². The molecule has 136 valence electrons. The molecule has 1 aromatic carbocycles. The molecule has 3 N–H and O–H groups in total. The minimum atomic E-state index is -1.33. The van der Waals surface area contributed by atoms with Crippen LogP contribution in [-0.4, -0.2) is 37.6 Å². The molecule has 11 heteroatoms. The molecule has 2 aromatic rings. The Hall–Kier alpha value is -3.50. The van der Waals surface area contributed by atoms with Gasteiger partial charge in [-0.05, 0) is 17.7 Å². The molecule has 0 bridgehead atoms. The van der Waals surface area contributed by atoms with Crippen LogP contribution in [0.15, 0.2) is 26.7 Å². The monoisotopic (exact) mass is 366 g/mol. The quantitative estimate of drug-likeness (QED) is 0.711. The topological polar surface area (TPSA) is 126 Å². The lowest BCUT2D eigenvalue weighted by Gasteiger charge is -2.19. The Morgan fingerprint density at radius 2 is 1.92 bits per heavy atom. The van der Waals surface area contributed by atoms with Gasteiger partial charge in [0, 0.05) is 7.05 Å². The van der Waals surface area contributed by atoms with Gasteiger partial charge in [-0.25, -0.2) is 23.4 Å². The van der Waals surface area contributed by atoms with E-state index in [9.17, 15) is 23.2 Å². The first kappa shape index (κ1) is 17.3. The van der Waals surface area contributed by atoms with E-state index in [1.165, 1.54) is 7.05 Å². The Kier molecular flexibility index (Phi) is 4.06. The first-order valence-electron chi connectivity index (χ1n) is 7.26. The number of aromatic hydroxyl groups is 1. The van der Waals surface area contributed by atoms with E-state index in [1.54, 1.807) is 0 Å². The van der Waals surface area contributed by atoms with Gasteiger partial charge in [-0.15, -0.1) is 0 Å². The average Bonchev–Trinajstić information content (AvgIpc) is 2.60. The highest BCUT2D eigenvalue weighted by molar-refractivity contribution is 6.38. The van der Waals surface area contributed by atoms with Crippen LogP contribution in [-0.2, 0) is 18.4 Å². The molecule has 1 aromatic heterocycles. The number of benzene rings is 1. The van der Waals surface area contributed by atoms with Crippen LogP contribution in [0.3, 0.4) is 0 Å². The summed E-state index contributed by atoms with van der Waals surface area (Å²) in [6.07, 6.45) is 0. The lowest BCUT2D eigenvalue weighted by atomic mass is 10.2. The second-order valence-electron chi connectivity index (χ2n) is 5.56. The van der Waals surface area contributed by atoms with Gasteiger partial charge in [0.15, 0.2) is 23.1 Å². The SMILES string of the molecule is Cn1c2c(c(=O)n(Cc3cc(F)c(O)c(F)c3)c1=O)N=C(C(=O)O)CN2. The van der Waals surface area contributed by atoms with Crippen LogP contribution in [0.25, 0.3) is 0 Å². The van der Waals surface area contributed by atoms with E-state index in [2.05, 4.69) is 10.3 Å². The largest absolute Gasteiger partial charge is 0.503 e. The molecule has 9 nitrogen and oxygen atoms in total. The van der Waals surface area contributed by atoms with Gasteiger partial charge in [0.25, 0.3) is 5.56 Å². The van der Waals surface area contributed by atoms with Gasteiger partial charge in [0.1, 0.15) is 11.5 Å². The van der Waals surface area contributed by atoms with Gasteiger partial charge >= 0.3 is 11.7 Å². The van der Waals surface area contributed by atoms with Gasteiger partial charge in [-0.2, -0.15) is 0 Å². The zero-order chi connectivity index (χ0) is 19.2. The summed E-state index contributed by atoms with van der Waals surface area (Å²) >= 11 is 0. The number of nitrogens with zero attached hydrogens (tertiary/aromatic N) is 3. The number of aromatic nitrogens is 2. The summed E-state index contributed by atoms with van der Waals surface area (Å²) < 4.78 is 28.7. The number of fused-ring (bicyclic) bond motifs is 1. The predicted octanol–water partition coefficient (Wildman–Crippen LogP) is 0.162. The number of halogens is 2. The zero-order valence-electron chi connectivity index (χ0n) is 13.3. The highest BCUT2D eigenvalue weighted by Crippen LogP contribution is 2.23. The number of carboxylic acid groups (broad SMARTS) is 1. The first-order valence-corrected chi connectivity index (χ1v) is 7.26. The molecule has 0 radical (unpaired) electrons. The second-order valence-corrected chi connectivity index (χ2v) is 5.56. The maximum absolute atomic E-state index is 13.5. The molecule has 3 rings (SSSR count). The van der Waals surface area contributed by atoms with Crippen molar-refractivity contribution < 1.29 is 23.8 Å². The Bertz CT molecular complexity index is 1060. The number of phenolic OH excluding ortho intramolecular Hbond substituents is 1. The third kappa shape index (κ3) is 2.72. The van der Waals surface area contributed by atoms with Crippen molar-refractivity contribution in [3.8, 4) is 5.75 Å². The Balaban J connectivity index is 2.17. The molecule has 0 spiro atoms. The summed E-state index contributed by atoms with van der Waals surface area (Å²) in [6.45, 7) is -0.668. The number of aliphatic carboxylic acids is 1. The summed E-state index contributed by atoms with van der Waals surface area (Å²) in [4.78, 5) is 39.8. The Morgan fingerprint density at radius 3 is 2.50 bits per heavy atom. The minimum absolute atomic E-state index is 0.0457. The molecule has 0 fully saturated rings. The van der Waals surface area contributed by atoms with Crippen LogP contribution < -0.4 is 16.6 Å². The normalized spacial score (nSPS) is 13.0. The van der Waals surface area contributed by atoms with Crippen LogP contribution in [0, 0.1) is 11.6 Å². The molecular formula is C15H12F2N4O5. The predicted molar refractivity (Wildman–Crippen MR) is 86.3 cm³/mol. The van der Waals surface area contributed by atoms with Crippen molar-refractivity contribution in [2.75, 3.05) is 11.9 Å². The third-order valence-corrected chi connectivity index (χ3v) is 3.86. The number of anilines is 1. The van der Waals surface area contributed by atoms with Gasteiger partial charge in [0.05, 0.1) is 13.1 Å². The van der Waals surface area contributed by atoms with Crippen molar-refractivity contribution in [2.24, 2.45) is 12.0 Å². The Labute approximate surface area is 143 Å². The molecule has 0 saturated carbocycles. The number of aliphatic imine (C=N–C) groups is 1. The highest BCUT2D eigenvalue weighted by Gasteiger charge is 2.24. The minimum Gasteiger partial charge on any atom is -0.503 e. The fraction of sp³-hybridized carbons (Fsp3) is 0.200. The van der Waals surface area contributed by atoms with Gasteiger partial charge < -0.3 is 15.5 Å². The van der Waals surface area contributed by atoms with Crippen molar-refractivity contribution in [1.82, 2.24) is 9.13 Å². The van der Waals surface area contributed by atoms with E-state index in [4.69, 9.17) is 10.2 Å². The molecule has 0 unspecified atom stereocenters. The lowest BCUT2D eigenvalue weighted by Crippen LogP contribution is -2.42. The van der Waals surface area contributed by atoms with E-state index in [0.717, 1.165) is 16.7 Å². The van der Waals surface area contributed by atoms with Crippen molar-refractivity contribution >= 4 is 23.2 Å². The van der Waals surface area contributed by atoms with Crippen molar-refractivity contribution in [2.45, 2.75) is 6.54 Å². The molecule has 26 heavy (non-hydrogen) atoms. The number of hydrogen-bond donors (Lipinski definition) is 3. The van der Waals surface area contributed by atoms with Gasteiger partial charge in [-0.1, -0.05) is 0 Å². The smallest absolute Gasteiger partial charge is 0.352 e. The first-order chi connectivity index (χ1) is 12.2. The van der Waals surface area contributed by atoms with Gasteiger partial charge in [0.2, 0.25) is 0 Å². The number of carboxylic acids is 1. The highest BCUT2D eigenvalue weighted by atomic mass is 19.1. The van der Waals surface area contributed by atoms with Crippen molar-refractivity contribution in [3.63, 3.8) is 0 Å². The van der Waals surface area contributed by atoms with Crippen molar-refractivity contribution in [1.29, 1.82) is 0 Å². The van der Waals surface area contributed by atoms with E-state index >= 15 is 0 Å². The fourth-order valence-electron chi connectivity index (χ4n) is 2.55. The van der Waals surface area contributed by atoms with Crippen LogP contribution in [0.2, 0.25) is 0 Å². The summed E-state index contributed by atoms with van der Waals surface area (Å²) in [5, 5.41) is 20.8. The van der Waals surface area contributed by atoms with E-state index < -0.39 is 41.1 Å². The number of nitrogens with one attached hydrogen (secondary N) is 1. The maximum Gasteiger partial charge on any atom is 0.352 e. The fourth-order valence-corrected chi connectivity index (χ4v) is 2.55. The molecule has 0 saturated heterocycles. The van der Waals surface area contributed by atoms with E-state index in [1.807, 2.05) is 0 Å². The lowest BCUT2D eigenvalue weighted by molar-refractivity contribution is -0.129. The molecule has 2 heterocycles. The van der Waals surface area contributed by atoms with Crippen LogP contribution in [0.1, 0.15) is 5.56 Å². The Morgan fingerprint density at radius 1 is 1.31 bits per heavy atom. The van der Waals surface area contributed by atoms with Gasteiger partial charge in [-0.3, -0.25) is 13.9 Å². The third-order valence-electron chi connectivity index (χ3n) is 3.86. The average molecular weight is 366 g/mol. The second kappa shape index (κ2) is 6.10. The number of rotatable bonds is 3. The summed E-state index contributed by atoms with van der Waals surface area (Å²) in [6, 6.07) is 1.57. The number of phenols is 1. The molecule has 1 aliphatic heterocycles. The molecule has 0 atom stereocenters. The van der Waals surface area contributed by atoms with Crippen molar-refractivity contribution in [3.05, 3.63) is 50.2 Å². The van der Waals surface area contributed by atoms with E-state index in [0.29, 0.717) is 4.57 Å². The maximum atomic E-state index is 13.5. The number of hydrogen-bond acceptors (Lipinski definition) is 6. The van der Waals surface area contributed by atoms with Crippen LogP contribution in [0.4, 0.5) is 20.3 Å². The number of carbonyl (C=O) groups is 1. The molecule has 0 aliphatic carbocycles. The summed E-state index contributed by atoms with van der Waals surface area (Å²) in [5.74, 6) is -4.93. The summed E-state index contributed by atoms with van der Waals surface area (Å²) in [7, 11) is 1.34. The van der Waals surface area contributed by atoms with Crippen LogP contribution >= 0.6 is 0 Å². The molecular weight excluding hydrogens is 354 g/mol. The molecule has 1 aliphatic rings. The zero-order valence-corrected chi connectivity index (χ0v) is 13.3. The summed E-state index contributed by atoms with van der Waals surface area (Å²) in [5.41, 5.74) is -2.40. The standard InChI is InChI=1S/C15H12F2N4O5/c1-20-12-10(19-9(4-18-12)14(24)25)13(23)21(15(20)26)5-6-2-7(16)11(22)8(17)3-6/h2-3,18,22H,4-5H2,1H3,(H,24,25).